The van der Waals surface area contributed by atoms with Crippen LogP contribution in [0.25, 0.3) is 10.9 Å². The number of nitrogens with zero attached hydrogens (tertiary/aromatic N) is 2. The zero-order chi connectivity index (χ0) is 14.7. The number of para-hydroxylation sites is 1. The molecule has 0 spiro atoms. The van der Waals surface area contributed by atoms with Gasteiger partial charge in [-0.05, 0) is 30.3 Å². The smallest absolute Gasteiger partial charge is 0.261 e. The summed E-state index contributed by atoms with van der Waals surface area (Å²) < 4.78 is 14.6. The van der Waals surface area contributed by atoms with Crippen LogP contribution in [0.15, 0.2) is 59.7 Å². The first-order valence-corrected chi connectivity index (χ1v) is 6.68. The Hall–Kier alpha value is -2.69. The van der Waals surface area contributed by atoms with Crippen LogP contribution in [-0.4, -0.2) is 16.1 Å². The van der Waals surface area contributed by atoms with Crippen molar-refractivity contribution in [1.82, 2.24) is 9.55 Å². The van der Waals surface area contributed by atoms with Gasteiger partial charge in [-0.2, -0.15) is 0 Å². The molecule has 106 valence electrons. The normalized spacial score (nSPS) is 10.7. The highest BCUT2D eigenvalue weighted by Gasteiger charge is 2.03. The first-order chi connectivity index (χ1) is 10.2. The fourth-order valence-electron chi connectivity index (χ4n) is 2.18. The number of hydrogen-bond donors (Lipinski definition) is 1. The number of rotatable bonds is 4. The number of hydrogen-bond acceptors (Lipinski definition) is 3. The molecule has 0 aliphatic carbocycles. The van der Waals surface area contributed by atoms with Crippen molar-refractivity contribution in [2.45, 2.75) is 6.54 Å². The van der Waals surface area contributed by atoms with E-state index in [2.05, 4.69) is 10.3 Å². The van der Waals surface area contributed by atoms with Crippen LogP contribution in [0, 0.1) is 5.82 Å². The summed E-state index contributed by atoms with van der Waals surface area (Å²) in [6.07, 6.45) is 1.54. The van der Waals surface area contributed by atoms with E-state index < -0.39 is 0 Å². The lowest BCUT2D eigenvalue weighted by Gasteiger charge is -2.09. The Morgan fingerprint density at radius 2 is 2.00 bits per heavy atom. The highest BCUT2D eigenvalue weighted by atomic mass is 19.1. The second kappa shape index (κ2) is 5.75. The molecule has 1 aromatic heterocycles. The van der Waals surface area contributed by atoms with E-state index in [-0.39, 0.29) is 11.4 Å². The second-order valence-corrected chi connectivity index (χ2v) is 4.70. The summed E-state index contributed by atoms with van der Waals surface area (Å²) in [6, 6.07) is 13.5. The van der Waals surface area contributed by atoms with Crippen molar-refractivity contribution in [2.75, 3.05) is 11.9 Å². The van der Waals surface area contributed by atoms with Crippen LogP contribution in [0.3, 0.4) is 0 Å². The van der Waals surface area contributed by atoms with Gasteiger partial charge in [0.25, 0.3) is 5.56 Å². The van der Waals surface area contributed by atoms with Crippen molar-refractivity contribution in [1.29, 1.82) is 0 Å². The Morgan fingerprint density at radius 1 is 1.14 bits per heavy atom. The molecule has 1 N–H and O–H groups in total. The van der Waals surface area contributed by atoms with E-state index in [9.17, 15) is 9.18 Å². The van der Waals surface area contributed by atoms with E-state index in [1.54, 1.807) is 22.8 Å². The highest BCUT2D eigenvalue weighted by Crippen LogP contribution is 2.08. The molecule has 3 aromatic rings. The molecule has 0 bridgehead atoms. The molecule has 1 heterocycles. The van der Waals surface area contributed by atoms with Crippen molar-refractivity contribution in [2.24, 2.45) is 0 Å². The second-order valence-electron chi connectivity index (χ2n) is 4.70. The minimum Gasteiger partial charge on any atom is -0.383 e. The van der Waals surface area contributed by atoms with Crippen molar-refractivity contribution in [3.63, 3.8) is 0 Å². The van der Waals surface area contributed by atoms with Crippen LogP contribution in [0.2, 0.25) is 0 Å². The van der Waals surface area contributed by atoms with E-state index in [1.165, 1.54) is 18.5 Å². The van der Waals surface area contributed by atoms with Crippen LogP contribution in [0.5, 0.6) is 0 Å². The van der Waals surface area contributed by atoms with Crippen LogP contribution < -0.4 is 10.9 Å². The summed E-state index contributed by atoms with van der Waals surface area (Å²) in [6.45, 7) is 0.983. The van der Waals surface area contributed by atoms with E-state index in [1.807, 2.05) is 18.2 Å². The van der Waals surface area contributed by atoms with Gasteiger partial charge >= 0.3 is 0 Å². The number of anilines is 1. The Balaban J connectivity index is 1.74. The monoisotopic (exact) mass is 283 g/mol. The van der Waals surface area contributed by atoms with Crippen LogP contribution in [-0.2, 0) is 6.54 Å². The molecule has 0 saturated heterocycles. The molecule has 0 saturated carbocycles. The number of nitrogens with one attached hydrogen (secondary N) is 1. The summed E-state index contributed by atoms with van der Waals surface area (Å²) >= 11 is 0. The van der Waals surface area contributed by atoms with E-state index in [0.717, 1.165) is 0 Å². The molecular weight excluding hydrogens is 269 g/mol. The standard InChI is InChI=1S/C16H14FN3O/c17-12-4-3-5-13(10-12)18-8-9-20-11-19-15-7-2-1-6-14(15)16(20)21/h1-7,10-11,18H,8-9H2. The van der Waals surface area contributed by atoms with E-state index in [4.69, 9.17) is 0 Å². The minimum atomic E-state index is -0.287. The molecule has 3 rings (SSSR count). The predicted molar refractivity (Wildman–Crippen MR) is 80.9 cm³/mol. The molecule has 0 aliphatic heterocycles. The molecule has 5 heteroatoms. The van der Waals surface area contributed by atoms with Gasteiger partial charge in [0, 0.05) is 18.8 Å². The maximum atomic E-state index is 13.1. The molecule has 0 atom stereocenters. The predicted octanol–water partition coefficient (Wildman–Crippen LogP) is 2.65. The van der Waals surface area contributed by atoms with Gasteiger partial charge in [-0.15, -0.1) is 0 Å². The van der Waals surface area contributed by atoms with Gasteiger partial charge < -0.3 is 5.32 Å². The average molecular weight is 283 g/mol. The van der Waals surface area contributed by atoms with Gasteiger partial charge in [-0.25, -0.2) is 9.37 Å². The van der Waals surface area contributed by atoms with Crippen molar-refractivity contribution in [3.05, 3.63) is 71.0 Å². The molecular formula is C16H14FN3O. The van der Waals surface area contributed by atoms with E-state index >= 15 is 0 Å². The fraction of sp³-hybridized carbons (Fsp3) is 0.125. The Bertz CT molecular complexity index is 829. The quantitative estimate of drug-likeness (QED) is 0.800. The number of benzene rings is 2. The molecule has 0 radical (unpaired) electrons. The first kappa shape index (κ1) is 13.3. The largest absolute Gasteiger partial charge is 0.383 e. The van der Waals surface area contributed by atoms with Crippen molar-refractivity contribution < 1.29 is 4.39 Å². The zero-order valence-electron chi connectivity index (χ0n) is 11.3. The molecule has 0 aliphatic rings. The number of aromatic nitrogens is 2. The highest BCUT2D eigenvalue weighted by molar-refractivity contribution is 5.76. The SMILES string of the molecule is O=c1c2ccccc2ncn1CCNc1cccc(F)c1. The average Bonchev–Trinajstić information content (AvgIpc) is 2.50. The summed E-state index contributed by atoms with van der Waals surface area (Å²) in [7, 11) is 0. The van der Waals surface area contributed by atoms with Gasteiger partial charge in [0.2, 0.25) is 0 Å². The zero-order valence-corrected chi connectivity index (χ0v) is 11.3. The third-order valence-corrected chi connectivity index (χ3v) is 3.24. The maximum absolute atomic E-state index is 13.1. The summed E-state index contributed by atoms with van der Waals surface area (Å²) in [5.74, 6) is -0.287. The maximum Gasteiger partial charge on any atom is 0.261 e. The molecule has 2 aromatic carbocycles. The third kappa shape index (κ3) is 2.91. The molecule has 0 fully saturated rings. The van der Waals surface area contributed by atoms with E-state index in [0.29, 0.717) is 29.7 Å². The van der Waals surface area contributed by atoms with Gasteiger partial charge in [-0.3, -0.25) is 9.36 Å². The molecule has 4 nitrogen and oxygen atoms in total. The summed E-state index contributed by atoms with van der Waals surface area (Å²) in [5.41, 5.74) is 1.32. The molecule has 21 heavy (non-hydrogen) atoms. The van der Waals surface area contributed by atoms with Crippen LogP contribution in [0.4, 0.5) is 10.1 Å². The molecule has 0 unspecified atom stereocenters. The van der Waals surface area contributed by atoms with Crippen molar-refractivity contribution >= 4 is 16.6 Å². The van der Waals surface area contributed by atoms with Gasteiger partial charge in [0.05, 0.1) is 17.2 Å². The van der Waals surface area contributed by atoms with Gasteiger partial charge in [-0.1, -0.05) is 18.2 Å². The Morgan fingerprint density at radius 3 is 2.86 bits per heavy atom. The Labute approximate surface area is 120 Å². The third-order valence-electron chi connectivity index (χ3n) is 3.24. The summed E-state index contributed by atoms with van der Waals surface area (Å²) in [5, 5.41) is 3.68. The fourth-order valence-corrected chi connectivity index (χ4v) is 2.18. The number of fused-ring (bicyclic) bond motifs is 1. The van der Waals surface area contributed by atoms with Crippen molar-refractivity contribution in [3.8, 4) is 0 Å². The first-order valence-electron chi connectivity index (χ1n) is 6.68. The number of halogens is 1. The Kier molecular flexibility index (Phi) is 3.64. The lowest BCUT2D eigenvalue weighted by Crippen LogP contribution is -2.24. The summed E-state index contributed by atoms with van der Waals surface area (Å²) in [4.78, 5) is 16.5. The van der Waals surface area contributed by atoms with Gasteiger partial charge in [0.1, 0.15) is 5.82 Å². The van der Waals surface area contributed by atoms with Crippen LogP contribution in [0.1, 0.15) is 0 Å². The molecule has 0 amide bonds. The lowest BCUT2D eigenvalue weighted by molar-refractivity contribution is 0.627. The van der Waals surface area contributed by atoms with Crippen LogP contribution >= 0.6 is 0 Å². The minimum absolute atomic E-state index is 0.0679. The van der Waals surface area contributed by atoms with Gasteiger partial charge in [0.15, 0.2) is 0 Å². The topological polar surface area (TPSA) is 46.9 Å². The lowest BCUT2D eigenvalue weighted by atomic mass is 10.2.